The first-order chi connectivity index (χ1) is 8.16. The predicted molar refractivity (Wildman–Crippen MR) is 61.5 cm³/mol. The van der Waals surface area contributed by atoms with E-state index in [-0.39, 0.29) is 5.69 Å². The normalized spacial score (nSPS) is 11.1. The van der Waals surface area contributed by atoms with Crippen LogP contribution in [0, 0.1) is 0 Å². The Morgan fingerprint density at radius 1 is 1.28 bits per heavy atom. The lowest BCUT2D eigenvalue weighted by molar-refractivity contribution is -0.147. The van der Waals surface area contributed by atoms with Crippen LogP contribution in [0.1, 0.15) is 24.3 Å². The Morgan fingerprint density at radius 3 is 2.28 bits per heavy atom. The van der Waals surface area contributed by atoms with E-state index in [1.807, 2.05) is 4.98 Å². The van der Waals surface area contributed by atoms with Crippen LogP contribution in [0.3, 0.4) is 0 Å². The van der Waals surface area contributed by atoms with Crippen LogP contribution in [0.4, 0.5) is 0 Å². The fourth-order valence-electron chi connectivity index (χ4n) is 1.16. The van der Waals surface area contributed by atoms with E-state index in [1.165, 1.54) is 20.9 Å². The summed E-state index contributed by atoms with van der Waals surface area (Å²) in [4.78, 5) is 50.0. The Balaban J connectivity index is 3.19. The van der Waals surface area contributed by atoms with Gasteiger partial charge >= 0.3 is 11.7 Å². The Labute approximate surface area is 101 Å². The Bertz CT molecular complexity index is 570. The Morgan fingerprint density at radius 2 is 1.83 bits per heavy atom. The van der Waals surface area contributed by atoms with Crippen molar-refractivity contribution in [2.24, 2.45) is 0 Å². The van der Waals surface area contributed by atoms with Crippen LogP contribution in [-0.2, 0) is 4.79 Å². The fraction of sp³-hybridized carbons (Fsp3) is 0.400. The Kier molecular flexibility index (Phi) is 3.40. The minimum Gasteiger partial charge on any atom is -0.480 e. The van der Waals surface area contributed by atoms with Crippen LogP contribution in [0.15, 0.2) is 15.7 Å². The van der Waals surface area contributed by atoms with Crippen LogP contribution in [-0.4, -0.2) is 44.4 Å². The number of nitrogens with zero attached hydrogens (tertiary/aromatic N) is 1. The van der Waals surface area contributed by atoms with Gasteiger partial charge in [-0.25, -0.2) is 9.59 Å². The number of amides is 1. The van der Waals surface area contributed by atoms with Crippen molar-refractivity contribution in [3.05, 3.63) is 32.6 Å². The molecule has 3 N–H and O–H groups in total. The second-order valence-corrected chi connectivity index (χ2v) is 4.23. The molecular formula is C10H13N3O5. The molecule has 0 bridgehead atoms. The summed E-state index contributed by atoms with van der Waals surface area (Å²) >= 11 is 0. The summed E-state index contributed by atoms with van der Waals surface area (Å²) in [6.07, 6.45) is 0. The molecule has 1 amide bonds. The molecule has 0 fully saturated rings. The average molecular weight is 255 g/mol. The van der Waals surface area contributed by atoms with Gasteiger partial charge < -0.3 is 15.0 Å². The number of aromatic amines is 2. The number of carboxylic acids is 1. The number of nitrogens with one attached hydrogen (secondary N) is 2. The number of carbonyl (C=O) groups excluding carboxylic acids is 1. The molecule has 0 atom stereocenters. The average Bonchev–Trinajstić information content (AvgIpc) is 2.25. The monoisotopic (exact) mass is 255 g/mol. The van der Waals surface area contributed by atoms with E-state index in [2.05, 4.69) is 4.98 Å². The minimum atomic E-state index is -1.46. The third kappa shape index (κ3) is 2.47. The number of hydrogen-bond acceptors (Lipinski definition) is 4. The molecule has 0 unspecified atom stereocenters. The van der Waals surface area contributed by atoms with Gasteiger partial charge in [-0.1, -0.05) is 0 Å². The van der Waals surface area contributed by atoms with Gasteiger partial charge in [-0.05, 0) is 13.8 Å². The van der Waals surface area contributed by atoms with E-state index in [0.717, 1.165) is 11.0 Å². The van der Waals surface area contributed by atoms with Gasteiger partial charge in [0.2, 0.25) is 0 Å². The quantitative estimate of drug-likeness (QED) is 0.639. The fourth-order valence-corrected chi connectivity index (χ4v) is 1.16. The number of carbonyl (C=O) groups is 2. The van der Waals surface area contributed by atoms with Gasteiger partial charge in [-0.3, -0.25) is 14.6 Å². The molecule has 1 aromatic heterocycles. The summed E-state index contributed by atoms with van der Waals surface area (Å²) in [7, 11) is 1.27. The number of H-pyrrole nitrogens is 2. The highest BCUT2D eigenvalue weighted by atomic mass is 16.4. The predicted octanol–water partition coefficient (Wildman–Crippen LogP) is -1.00. The molecule has 18 heavy (non-hydrogen) atoms. The summed E-state index contributed by atoms with van der Waals surface area (Å²) in [5, 5.41) is 8.98. The van der Waals surface area contributed by atoms with Crippen molar-refractivity contribution in [3.63, 3.8) is 0 Å². The van der Waals surface area contributed by atoms with Crippen molar-refractivity contribution in [1.82, 2.24) is 14.9 Å². The molecule has 0 saturated heterocycles. The molecule has 0 radical (unpaired) electrons. The maximum absolute atomic E-state index is 11.9. The molecule has 1 rings (SSSR count). The standard InChI is InChI=1S/C10H13N3O5/c1-10(2,8(16)17)13(3)7(15)5-4-6(14)12-9(18)11-5/h4H,1-3H3,(H,16,17)(H2,11,12,14,18). The first-order valence-electron chi connectivity index (χ1n) is 5.01. The van der Waals surface area contributed by atoms with Gasteiger partial charge in [0.25, 0.3) is 11.5 Å². The number of carboxylic acid groups (broad SMARTS) is 1. The molecule has 0 aliphatic carbocycles. The number of rotatable bonds is 3. The summed E-state index contributed by atoms with van der Waals surface area (Å²) in [6, 6.07) is 0.901. The molecular weight excluding hydrogens is 242 g/mol. The van der Waals surface area contributed by atoms with Crippen LogP contribution >= 0.6 is 0 Å². The zero-order valence-corrected chi connectivity index (χ0v) is 10.1. The molecule has 8 heteroatoms. The van der Waals surface area contributed by atoms with Crippen LogP contribution in [0.2, 0.25) is 0 Å². The highest BCUT2D eigenvalue weighted by Gasteiger charge is 2.35. The van der Waals surface area contributed by atoms with E-state index in [0.29, 0.717) is 0 Å². The second kappa shape index (κ2) is 4.47. The molecule has 8 nitrogen and oxygen atoms in total. The highest BCUT2D eigenvalue weighted by Crippen LogP contribution is 2.14. The highest BCUT2D eigenvalue weighted by molar-refractivity contribution is 5.95. The minimum absolute atomic E-state index is 0.263. The SMILES string of the molecule is CN(C(=O)c1cc(=O)[nH]c(=O)[nH]1)C(C)(C)C(=O)O. The second-order valence-electron chi connectivity index (χ2n) is 4.23. The van der Waals surface area contributed by atoms with Crippen molar-refractivity contribution >= 4 is 11.9 Å². The number of hydrogen-bond donors (Lipinski definition) is 3. The van der Waals surface area contributed by atoms with Crippen LogP contribution in [0.5, 0.6) is 0 Å². The van der Waals surface area contributed by atoms with Crippen molar-refractivity contribution in [2.75, 3.05) is 7.05 Å². The lowest BCUT2D eigenvalue weighted by Crippen LogP contribution is -2.51. The van der Waals surface area contributed by atoms with Gasteiger partial charge in [0, 0.05) is 13.1 Å². The smallest absolute Gasteiger partial charge is 0.329 e. The zero-order valence-electron chi connectivity index (χ0n) is 10.1. The summed E-state index contributed by atoms with van der Waals surface area (Å²) in [5.74, 6) is -1.96. The Hall–Kier alpha value is -2.38. The van der Waals surface area contributed by atoms with E-state index >= 15 is 0 Å². The van der Waals surface area contributed by atoms with E-state index in [9.17, 15) is 19.2 Å². The third-order valence-electron chi connectivity index (χ3n) is 2.66. The van der Waals surface area contributed by atoms with Crippen molar-refractivity contribution in [1.29, 1.82) is 0 Å². The van der Waals surface area contributed by atoms with Gasteiger partial charge in [-0.2, -0.15) is 0 Å². The number of aliphatic carboxylic acids is 1. The largest absolute Gasteiger partial charge is 0.480 e. The van der Waals surface area contributed by atoms with Gasteiger partial charge in [0.15, 0.2) is 0 Å². The molecule has 0 aliphatic heterocycles. The first-order valence-corrected chi connectivity index (χ1v) is 5.01. The topological polar surface area (TPSA) is 123 Å². The van der Waals surface area contributed by atoms with Crippen molar-refractivity contribution in [3.8, 4) is 0 Å². The zero-order chi connectivity index (χ0) is 14.1. The lowest BCUT2D eigenvalue weighted by atomic mass is 10.0. The van der Waals surface area contributed by atoms with Crippen molar-refractivity contribution < 1.29 is 14.7 Å². The van der Waals surface area contributed by atoms with Gasteiger partial charge in [0.05, 0.1) is 0 Å². The number of aromatic nitrogens is 2. The summed E-state index contributed by atoms with van der Waals surface area (Å²) in [5.41, 5.74) is -3.28. The van der Waals surface area contributed by atoms with Gasteiger partial charge in [0.1, 0.15) is 11.2 Å². The van der Waals surface area contributed by atoms with E-state index in [1.54, 1.807) is 0 Å². The molecule has 1 aromatic rings. The molecule has 1 heterocycles. The lowest BCUT2D eigenvalue weighted by Gasteiger charge is -2.31. The van der Waals surface area contributed by atoms with E-state index in [4.69, 9.17) is 5.11 Å². The van der Waals surface area contributed by atoms with Gasteiger partial charge in [-0.15, -0.1) is 0 Å². The maximum atomic E-state index is 11.9. The molecule has 0 saturated carbocycles. The van der Waals surface area contributed by atoms with Crippen LogP contribution < -0.4 is 11.2 Å². The van der Waals surface area contributed by atoms with Crippen LogP contribution in [0.25, 0.3) is 0 Å². The number of likely N-dealkylation sites (N-methyl/N-ethyl adjacent to an activating group) is 1. The molecule has 0 aliphatic rings. The maximum Gasteiger partial charge on any atom is 0.329 e. The third-order valence-corrected chi connectivity index (χ3v) is 2.66. The summed E-state index contributed by atoms with van der Waals surface area (Å²) in [6.45, 7) is 2.66. The van der Waals surface area contributed by atoms with Crippen molar-refractivity contribution in [2.45, 2.75) is 19.4 Å². The molecule has 98 valence electrons. The van der Waals surface area contributed by atoms with E-state index < -0.39 is 28.7 Å². The molecule has 0 spiro atoms. The molecule has 0 aromatic carbocycles. The first kappa shape index (κ1) is 13.7. The summed E-state index contributed by atoms with van der Waals surface area (Å²) < 4.78 is 0.